The molecular formula is C17H29BrN2O4. The number of hydrogen-bond acceptors (Lipinski definition) is 4. The fourth-order valence-electron chi connectivity index (χ4n) is 2.56. The average molecular weight is 405 g/mol. The van der Waals surface area contributed by atoms with Crippen molar-refractivity contribution >= 4 is 33.8 Å². The summed E-state index contributed by atoms with van der Waals surface area (Å²) in [6.45, 7) is 11.2. The highest BCUT2D eigenvalue weighted by molar-refractivity contribution is 9.09. The number of ether oxygens (including phenoxy) is 1. The van der Waals surface area contributed by atoms with Gasteiger partial charge in [0.1, 0.15) is 11.1 Å². The Labute approximate surface area is 153 Å². The molecule has 7 heteroatoms. The Morgan fingerprint density at radius 2 is 1.83 bits per heavy atom. The van der Waals surface area contributed by atoms with Crippen LogP contribution in [-0.2, 0) is 14.3 Å². The first kappa shape index (κ1) is 20.9. The molecule has 138 valence electrons. The summed E-state index contributed by atoms with van der Waals surface area (Å²) < 4.78 is 5.45. The van der Waals surface area contributed by atoms with Crippen molar-refractivity contribution in [2.24, 2.45) is 5.92 Å². The van der Waals surface area contributed by atoms with Gasteiger partial charge in [-0.15, -0.1) is 0 Å². The highest BCUT2D eigenvalue weighted by Crippen LogP contribution is 2.27. The number of urea groups is 1. The molecule has 0 aromatic carbocycles. The zero-order chi connectivity index (χ0) is 18.9. The molecule has 1 fully saturated rings. The highest BCUT2D eigenvalue weighted by Gasteiger charge is 2.48. The minimum atomic E-state index is -0.815. The Bertz CT molecular complexity index is 511. The van der Waals surface area contributed by atoms with Crippen LogP contribution in [0.4, 0.5) is 4.79 Å². The maximum Gasteiger partial charge on any atom is 0.327 e. The van der Waals surface area contributed by atoms with E-state index in [9.17, 15) is 14.4 Å². The Hall–Kier alpha value is -1.11. The smallest absolute Gasteiger partial charge is 0.327 e. The van der Waals surface area contributed by atoms with Crippen molar-refractivity contribution in [3.63, 3.8) is 0 Å². The maximum absolute atomic E-state index is 12.3. The van der Waals surface area contributed by atoms with Gasteiger partial charge in [0.15, 0.2) is 0 Å². The van der Waals surface area contributed by atoms with E-state index in [4.69, 9.17) is 4.74 Å². The first-order chi connectivity index (χ1) is 10.8. The van der Waals surface area contributed by atoms with Gasteiger partial charge in [-0.25, -0.2) is 4.79 Å². The lowest BCUT2D eigenvalue weighted by atomic mass is 9.99. The highest BCUT2D eigenvalue weighted by atomic mass is 79.9. The van der Waals surface area contributed by atoms with Crippen LogP contribution in [-0.4, -0.2) is 57.3 Å². The van der Waals surface area contributed by atoms with Crippen molar-refractivity contribution in [2.75, 3.05) is 13.6 Å². The summed E-state index contributed by atoms with van der Waals surface area (Å²) in [5.41, 5.74) is -1.35. The third-order valence-corrected chi connectivity index (χ3v) is 4.92. The molecule has 0 aromatic heterocycles. The van der Waals surface area contributed by atoms with Gasteiger partial charge in [0.2, 0.25) is 0 Å². The SMILES string of the molecule is CC(Br)C(CCCN1C(=O)N(C)C(C)(C)C1=O)C(=O)OC(C)(C)C. The predicted molar refractivity (Wildman–Crippen MR) is 95.9 cm³/mol. The van der Waals surface area contributed by atoms with Crippen molar-refractivity contribution in [3.8, 4) is 0 Å². The quantitative estimate of drug-likeness (QED) is 0.387. The van der Waals surface area contributed by atoms with Crippen molar-refractivity contribution in [2.45, 2.75) is 70.4 Å². The largest absolute Gasteiger partial charge is 0.460 e. The van der Waals surface area contributed by atoms with Crippen molar-refractivity contribution in [3.05, 3.63) is 0 Å². The summed E-state index contributed by atoms with van der Waals surface area (Å²) in [5, 5.41) is 0. The number of carbonyl (C=O) groups excluding carboxylic acids is 3. The van der Waals surface area contributed by atoms with E-state index in [1.54, 1.807) is 20.9 Å². The van der Waals surface area contributed by atoms with Gasteiger partial charge in [0, 0.05) is 18.4 Å². The molecule has 2 atom stereocenters. The summed E-state index contributed by atoms with van der Waals surface area (Å²) in [7, 11) is 1.63. The zero-order valence-electron chi connectivity index (χ0n) is 15.7. The number of carbonyl (C=O) groups is 3. The number of likely N-dealkylation sites (N-methyl/N-ethyl adjacent to an activating group) is 1. The minimum absolute atomic E-state index is 0.0450. The molecule has 2 unspecified atom stereocenters. The maximum atomic E-state index is 12.3. The van der Waals surface area contributed by atoms with Gasteiger partial charge >= 0.3 is 12.0 Å². The lowest BCUT2D eigenvalue weighted by Gasteiger charge is -2.25. The molecule has 0 N–H and O–H groups in total. The zero-order valence-corrected chi connectivity index (χ0v) is 17.3. The first-order valence-electron chi connectivity index (χ1n) is 8.25. The molecule has 0 radical (unpaired) electrons. The summed E-state index contributed by atoms with van der Waals surface area (Å²) >= 11 is 3.46. The van der Waals surface area contributed by atoms with Gasteiger partial charge in [-0.3, -0.25) is 14.5 Å². The van der Waals surface area contributed by atoms with Crippen LogP contribution < -0.4 is 0 Å². The molecule has 0 spiro atoms. The van der Waals surface area contributed by atoms with E-state index in [0.29, 0.717) is 19.4 Å². The monoisotopic (exact) mass is 404 g/mol. The van der Waals surface area contributed by atoms with Crippen LogP contribution in [0.3, 0.4) is 0 Å². The Morgan fingerprint density at radius 1 is 1.29 bits per heavy atom. The molecular weight excluding hydrogens is 376 g/mol. The second-order valence-corrected chi connectivity index (χ2v) is 9.26. The second-order valence-electron chi connectivity index (χ2n) is 7.82. The van der Waals surface area contributed by atoms with Gasteiger partial charge in [-0.2, -0.15) is 0 Å². The van der Waals surface area contributed by atoms with Gasteiger partial charge in [0.25, 0.3) is 5.91 Å². The molecule has 0 bridgehead atoms. The fraction of sp³-hybridized carbons (Fsp3) is 0.824. The average Bonchev–Trinajstić information content (AvgIpc) is 2.55. The molecule has 1 aliphatic heterocycles. The number of amides is 3. The van der Waals surface area contributed by atoms with Crippen LogP contribution >= 0.6 is 15.9 Å². The standard InChI is InChI=1S/C17H29BrN2O4/c1-11(18)12(13(21)24-16(2,3)4)9-8-10-20-14(22)17(5,6)19(7)15(20)23/h11-12H,8-10H2,1-7H3. The summed E-state index contributed by atoms with van der Waals surface area (Å²) in [5.74, 6) is -0.776. The van der Waals surface area contributed by atoms with Crippen LogP contribution in [0.25, 0.3) is 0 Å². The first-order valence-corrected chi connectivity index (χ1v) is 9.17. The third-order valence-electron chi connectivity index (χ3n) is 4.29. The molecule has 0 aliphatic carbocycles. The molecule has 1 aliphatic rings. The van der Waals surface area contributed by atoms with E-state index < -0.39 is 11.1 Å². The number of esters is 1. The summed E-state index contributed by atoms with van der Waals surface area (Å²) in [6.07, 6.45) is 1.10. The number of rotatable bonds is 6. The summed E-state index contributed by atoms with van der Waals surface area (Å²) in [4.78, 5) is 39.5. The number of halogens is 1. The molecule has 0 aromatic rings. The molecule has 1 saturated heterocycles. The normalized spacial score (nSPS) is 20.3. The molecule has 1 heterocycles. The summed E-state index contributed by atoms with van der Waals surface area (Å²) in [6, 6.07) is -0.286. The molecule has 6 nitrogen and oxygen atoms in total. The van der Waals surface area contributed by atoms with E-state index in [2.05, 4.69) is 15.9 Å². The Kier molecular flexibility index (Phi) is 6.47. The number of hydrogen-bond donors (Lipinski definition) is 0. The van der Waals surface area contributed by atoms with E-state index in [0.717, 1.165) is 0 Å². The van der Waals surface area contributed by atoms with Gasteiger partial charge < -0.3 is 9.64 Å². The van der Waals surface area contributed by atoms with Crippen molar-refractivity contribution in [1.29, 1.82) is 0 Å². The lowest BCUT2D eigenvalue weighted by Crippen LogP contribution is -2.41. The third kappa shape index (κ3) is 4.71. The number of nitrogens with zero attached hydrogens (tertiary/aromatic N) is 2. The molecule has 0 saturated carbocycles. The number of alkyl halides is 1. The van der Waals surface area contributed by atoms with Crippen LogP contribution in [0.2, 0.25) is 0 Å². The second kappa shape index (κ2) is 7.42. The minimum Gasteiger partial charge on any atom is -0.460 e. The number of imide groups is 1. The van der Waals surface area contributed by atoms with Crippen LogP contribution in [0.5, 0.6) is 0 Å². The van der Waals surface area contributed by atoms with Crippen LogP contribution in [0, 0.1) is 5.92 Å². The molecule has 24 heavy (non-hydrogen) atoms. The van der Waals surface area contributed by atoms with E-state index in [-0.39, 0.29) is 28.7 Å². The lowest BCUT2D eigenvalue weighted by molar-refractivity contribution is -0.160. The molecule has 1 rings (SSSR count). The van der Waals surface area contributed by atoms with E-state index in [1.807, 2.05) is 27.7 Å². The van der Waals surface area contributed by atoms with Crippen LogP contribution in [0.1, 0.15) is 54.4 Å². The van der Waals surface area contributed by atoms with Gasteiger partial charge in [0.05, 0.1) is 5.92 Å². The van der Waals surface area contributed by atoms with Crippen LogP contribution in [0.15, 0.2) is 0 Å². The topological polar surface area (TPSA) is 66.9 Å². The van der Waals surface area contributed by atoms with E-state index >= 15 is 0 Å². The van der Waals surface area contributed by atoms with Gasteiger partial charge in [-0.05, 0) is 47.5 Å². The predicted octanol–water partition coefficient (Wildman–Crippen LogP) is 3.18. The van der Waals surface area contributed by atoms with Gasteiger partial charge in [-0.1, -0.05) is 22.9 Å². The Morgan fingerprint density at radius 3 is 2.21 bits per heavy atom. The van der Waals surface area contributed by atoms with Crippen molar-refractivity contribution in [1.82, 2.24) is 9.80 Å². The fourth-order valence-corrected chi connectivity index (χ4v) is 3.04. The van der Waals surface area contributed by atoms with E-state index in [1.165, 1.54) is 9.80 Å². The molecule has 3 amide bonds. The van der Waals surface area contributed by atoms with Crippen molar-refractivity contribution < 1.29 is 19.1 Å². The Balaban J connectivity index is 2.65.